The summed E-state index contributed by atoms with van der Waals surface area (Å²) >= 11 is 0. The van der Waals surface area contributed by atoms with Crippen LogP contribution in [-0.2, 0) is 6.42 Å². The van der Waals surface area contributed by atoms with Crippen LogP contribution in [0.25, 0.3) is 0 Å². The van der Waals surface area contributed by atoms with Gasteiger partial charge in [-0.15, -0.1) is 0 Å². The van der Waals surface area contributed by atoms with E-state index in [0.717, 1.165) is 13.0 Å². The van der Waals surface area contributed by atoms with Crippen molar-refractivity contribution in [2.45, 2.75) is 54.0 Å². The van der Waals surface area contributed by atoms with Crippen LogP contribution in [0.2, 0.25) is 0 Å². The first-order valence-corrected chi connectivity index (χ1v) is 6.23. The van der Waals surface area contributed by atoms with Crippen LogP contribution in [0.4, 0.5) is 0 Å². The zero-order chi connectivity index (χ0) is 12.3. The molecule has 90 valence electrons. The van der Waals surface area contributed by atoms with E-state index >= 15 is 0 Å². The fraction of sp³-hybridized carbons (Fsp3) is 0.600. The van der Waals surface area contributed by atoms with Gasteiger partial charge in [0.1, 0.15) is 0 Å². The first-order valence-electron chi connectivity index (χ1n) is 6.23. The summed E-state index contributed by atoms with van der Waals surface area (Å²) in [5.74, 6) is 0. The smallest absolute Gasteiger partial charge is 0.00105 e. The second-order valence-corrected chi connectivity index (χ2v) is 5.10. The average molecular weight is 219 g/mol. The molecule has 0 bridgehead atoms. The lowest BCUT2D eigenvalue weighted by Gasteiger charge is -2.16. The Morgan fingerprint density at radius 3 is 1.94 bits per heavy atom. The van der Waals surface area contributed by atoms with Crippen molar-refractivity contribution in [3.05, 3.63) is 33.9 Å². The Labute approximate surface area is 100 Å². The third-order valence-corrected chi connectivity index (χ3v) is 3.45. The molecule has 0 amide bonds. The second-order valence-electron chi connectivity index (χ2n) is 5.10. The molecule has 1 nitrogen and oxygen atoms in total. The lowest BCUT2D eigenvalue weighted by atomic mass is 9.92. The summed E-state index contributed by atoms with van der Waals surface area (Å²) < 4.78 is 0. The third-order valence-electron chi connectivity index (χ3n) is 3.45. The molecule has 0 radical (unpaired) electrons. The topological polar surface area (TPSA) is 12.0 Å². The third kappa shape index (κ3) is 3.08. The highest BCUT2D eigenvalue weighted by molar-refractivity contribution is 5.44. The summed E-state index contributed by atoms with van der Waals surface area (Å²) in [4.78, 5) is 0. The van der Waals surface area contributed by atoms with Crippen LogP contribution in [0.3, 0.4) is 0 Å². The first-order chi connectivity index (χ1) is 7.43. The molecule has 1 N–H and O–H groups in total. The standard InChI is InChI=1S/C15H25N/c1-10(2)16-8-7-15-13(5)11(3)9-12(4)14(15)6/h9-10,16H,7-8H2,1-6H3. The molecule has 1 aromatic rings. The van der Waals surface area contributed by atoms with Gasteiger partial charge in [0.2, 0.25) is 0 Å². The fourth-order valence-electron chi connectivity index (χ4n) is 2.16. The van der Waals surface area contributed by atoms with E-state index in [2.05, 4.69) is 52.9 Å². The summed E-state index contributed by atoms with van der Waals surface area (Å²) in [6, 6.07) is 2.87. The van der Waals surface area contributed by atoms with E-state index in [4.69, 9.17) is 0 Å². The predicted octanol–water partition coefficient (Wildman–Crippen LogP) is 3.46. The number of benzene rings is 1. The lowest BCUT2D eigenvalue weighted by molar-refractivity contribution is 0.589. The lowest BCUT2D eigenvalue weighted by Crippen LogP contribution is -2.25. The van der Waals surface area contributed by atoms with Crippen LogP contribution in [0.15, 0.2) is 6.07 Å². The molecular formula is C15H25N. The SMILES string of the molecule is Cc1cc(C)c(C)c(CCNC(C)C)c1C. The number of hydrogen-bond acceptors (Lipinski definition) is 1. The largest absolute Gasteiger partial charge is 0.314 e. The first kappa shape index (κ1) is 13.2. The molecule has 0 saturated carbocycles. The minimum Gasteiger partial charge on any atom is -0.314 e. The zero-order valence-electron chi connectivity index (χ0n) is 11.6. The molecule has 0 heterocycles. The molecule has 0 aliphatic carbocycles. The van der Waals surface area contributed by atoms with E-state index in [1.54, 1.807) is 0 Å². The highest BCUT2D eigenvalue weighted by Crippen LogP contribution is 2.21. The minimum absolute atomic E-state index is 0.575. The summed E-state index contributed by atoms with van der Waals surface area (Å²) in [5, 5.41) is 3.49. The van der Waals surface area contributed by atoms with Crippen LogP contribution >= 0.6 is 0 Å². The van der Waals surface area contributed by atoms with Gasteiger partial charge in [0, 0.05) is 6.04 Å². The van der Waals surface area contributed by atoms with Gasteiger partial charge < -0.3 is 5.32 Å². The molecule has 0 atom stereocenters. The van der Waals surface area contributed by atoms with Crippen molar-refractivity contribution in [2.75, 3.05) is 6.54 Å². The number of nitrogens with one attached hydrogen (secondary N) is 1. The molecular weight excluding hydrogens is 194 g/mol. The van der Waals surface area contributed by atoms with Gasteiger partial charge in [-0.2, -0.15) is 0 Å². The second kappa shape index (κ2) is 5.49. The van der Waals surface area contributed by atoms with Crippen molar-refractivity contribution in [3.8, 4) is 0 Å². The van der Waals surface area contributed by atoms with Gasteiger partial charge in [0.15, 0.2) is 0 Å². The van der Waals surface area contributed by atoms with E-state index in [-0.39, 0.29) is 0 Å². The van der Waals surface area contributed by atoms with Crippen molar-refractivity contribution in [2.24, 2.45) is 0 Å². The van der Waals surface area contributed by atoms with E-state index in [9.17, 15) is 0 Å². The van der Waals surface area contributed by atoms with Crippen molar-refractivity contribution in [3.63, 3.8) is 0 Å². The Balaban J connectivity index is 2.86. The summed E-state index contributed by atoms with van der Waals surface area (Å²) in [7, 11) is 0. The maximum Gasteiger partial charge on any atom is 0.00105 e. The Bertz CT molecular complexity index is 338. The van der Waals surface area contributed by atoms with Crippen LogP contribution in [-0.4, -0.2) is 12.6 Å². The van der Waals surface area contributed by atoms with E-state index in [1.807, 2.05) is 0 Å². The van der Waals surface area contributed by atoms with Crippen molar-refractivity contribution >= 4 is 0 Å². The maximum absolute atomic E-state index is 3.49. The summed E-state index contributed by atoms with van der Waals surface area (Å²) in [6.45, 7) is 14.4. The zero-order valence-corrected chi connectivity index (χ0v) is 11.6. The minimum atomic E-state index is 0.575. The van der Waals surface area contributed by atoms with Crippen LogP contribution in [0, 0.1) is 27.7 Å². The highest BCUT2D eigenvalue weighted by atomic mass is 14.9. The molecule has 0 aliphatic heterocycles. The molecule has 0 aromatic heterocycles. The predicted molar refractivity (Wildman–Crippen MR) is 72.2 cm³/mol. The summed E-state index contributed by atoms with van der Waals surface area (Å²) in [6.07, 6.45) is 1.14. The average Bonchev–Trinajstić information content (AvgIpc) is 2.20. The Kier molecular flexibility index (Phi) is 4.55. The Hall–Kier alpha value is -0.820. The van der Waals surface area contributed by atoms with E-state index in [1.165, 1.54) is 27.8 Å². The van der Waals surface area contributed by atoms with Crippen molar-refractivity contribution in [1.82, 2.24) is 5.32 Å². The van der Waals surface area contributed by atoms with Gasteiger partial charge in [-0.05, 0) is 68.5 Å². The monoisotopic (exact) mass is 219 g/mol. The Morgan fingerprint density at radius 2 is 1.50 bits per heavy atom. The molecule has 1 rings (SSSR count). The van der Waals surface area contributed by atoms with Crippen LogP contribution in [0.1, 0.15) is 41.7 Å². The molecule has 16 heavy (non-hydrogen) atoms. The Morgan fingerprint density at radius 1 is 1.00 bits per heavy atom. The van der Waals surface area contributed by atoms with Gasteiger partial charge in [-0.25, -0.2) is 0 Å². The maximum atomic E-state index is 3.49. The van der Waals surface area contributed by atoms with Crippen molar-refractivity contribution < 1.29 is 0 Å². The van der Waals surface area contributed by atoms with Crippen LogP contribution in [0.5, 0.6) is 0 Å². The normalized spacial score (nSPS) is 11.2. The van der Waals surface area contributed by atoms with Crippen molar-refractivity contribution in [1.29, 1.82) is 0 Å². The van der Waals surface area contributed by atoms with Gasteiger partial charge in [0.25, 0.3) is 0 Å². The van der Waals surface area contributed by atoms with E-state index in [0.29, 0.717) is 6.04 Å². The molecule has 1 heteroatoms. The summed E-state index contributed by atoms with van der Waals surface area (Å²) in [5.41, 5.74) is 7.30. The highest BCUT2D eigenvalue weighted by Gasteiger charge is 2.07. The molecule has 1 aromatic carbocycles. The molecule has 0 saturated heterocycles. The molecule has 0 spiro atoms. The molecule has 0 fully saturated rings. The fourth-order valence-corrected chi connectivity index (χ4v) is 2.16. The number of rotatable bonds is 4. The van der Waals surface area contributed by atoms with E-state index < -0.39 is 0 Å². The number of hydrogen-bond donors (Lipinski definition) is 1. The van der Waals surface area contributed by atoms with Gasteiger partial charge in [0.05, 0.1) is 0 Å². The number of aryl methyl sites for hydroxylation is 2. The molecule has 0 aliphatic rings. The molecule has 0 unspecified atom stereocenters. The van der Waals surface area contributed by atoms with Gasteiger partial charge >= 0.3 is 0 Å². The van der Waals surface area contributed by atoms with Gasteiger partial charge in [-0.1, -0.05) is 19.9 Å². The van der Waals surface area contributed by atoms with Gasteiger partial charge in [-0.3, -0.25) is 0 Å². The quantitative estimate of drug-likeness (QED) is 0.817. The van der Waals surface area contributed by atoms with Crippen LogP contribution < -0.4 is 5.32 Å².